The number of methoxy groups -OCH3 is 1. The maximum absolute atomic E-state index is 12.1. The molecular weight excluding hydrogens is 374 g/mol. The third kappa shape index (κ3) is 4.56. The highest BCUT2D eigenvalue weighted by molar-refractivity contribution is 8.15. The summed E-state index contributed by atoms with van der Waals surface area (Å²) in [4.78, 5) is 12.1. The molecule has 0 aliphatic carbocycles. The molecule has 1 saturated heterocycles. The molecule has 0 spiro atoms. The number of nitrogens with zero attached hydrogens (tertiary/aromatic N) is 2. The Morgan fingerprint density at radius 1 is 1.31 bits per heavy atom. The van der Waals surface area contributed by atoms with E-state index in [1.807, 2.05) is 12.1 Å². The molecule has 1 aliphatic heterocycles. The second-order valence-corrected chi connectivity index (χ2v) is 7.14. The highest BCUT2D eigenvalue weighted by atomic mass is 35.5. The number of phenols is 1. The molecule has 0 aromatic heterocycles. The van der Waals surface area contributed by atoms with Crippen molar-refractivity contribution in [3.63, 3.8) is 0 Å². The number of benzene rings is 2. The molecule has 0 unspecified atom stereocenters. The van der Waals surface area contributed by atoms with Crippen LogP contribution in [0.2, 0.25) is 5.02 Å². The first kappa shape index (κ1) is 18.3. The van der Waals surface area contributed by atoms with Crippen LogP contribution in [0.4, 0.5) is 0 Å². The molecular formula is C18H16ClN3O3S. The lowest BCUT2D eigenvalue weighted by Crippen LogP contribution is -2.25. The van der Waals surface area contributed by atoms with Crippen LogP contribution in [0.25, 0.3) is 0 Å². The molecule has 1 amide bonds. The third-order valence-electron chi connectivity index (χ3n) is 3.67. The summed E-state index contributed by atoms with van der Waals surface area (Å²) in [5.74, 6) is 0.318. The first-order valence-corrected chi connectivity index (χ1v) is 9.01. The molecule has 3 rings (SSSR count). The Kier molecular flexibility index (Phi) is 5.80. The van der Waals surface area contributed by atoms with Gasteiger partial charge in [0.25, 0.3) is 0 Å². The molecule has 0 bridgehead atoms. The van der Waals surface area contributed by atoms with E-state index in [9.17, 15) is 9.90 Å². The van der Waals surface area contributed by atoms with Crippen molar-refractivity contribution in [1.82, 2.24) is 5.32 Å². The van der Waals surface area contributed by atoms with Crippen LogP contribution in [-0.4, -0.2) is 34.8 Å². The topological polar surface area (TPSA) is 83.3 Å². The molecule has 0 saturated carbocycles. The summed E-state index contributed by atoms with van der Waals surface area (Å²) < 4.78 is 5.04. The van der Waals surface area contributed by atoms with E-state index in [1.54, 1.807) is 24.3 Å². The monoisotopic (exact) mass is 389 g/mol. The van der Waals surface area contributed by atoms with E-state index in [4.69, 9.17) is 16.3 Å². The highest BCUT2D eigenvalue weighted by Gasteiger charge is 2.30. The van der Waals surface area contributed by atoms with E-state index in [1.165, 1.54) is 31.2 Å². The molecule has 1 heterocycles. The second kappa shape index (κ2) is 8.25. The molecule has 1 fully saturated rings. The standard InChI is InChI=1S/C18H16ClN3O3S/c1-25-15-8-12(4-7-14(15)23)10-20-22-18-21-17(24)16(26-18)9-11-2-5-13(19)6-3-11/h2-8,10,16,23H,9H2,1H3,(H,21,22,24)/b20-10+/t16-/m1/s1. The zero-order valence-electron chi connectivity index (χ0n) is 13.8. The van der Waals surface area contributed by atoms with Gasteiger partial charge in [-0.15, -0.1) is 5.10 Å². The number of carbonyl (C=O) groups excluding carboxylic acids is 1. The minimum atomic E-state index is -0.251. The number of rotatable bonds is 5. The average molecular weight is 390 g/mol. The number of amides is 1. The zero-order valence-corrected chi connectivity index (χ0v) is 15.4. The summed E-state index contributed by atoms with van der Waals surface area (Å²) >= 11 is 7.22. The van der Waals surface area contributed by atoms with Gasteiger partial charge in [-0.1, -0.05) is 35.5 Å². The number of aromatic hydroxyl groups is 1. The van der Waals surface area contributed by atoms with Crippen LogP contribution in [0.5, 0.6) is 11.5 Å². The molecule has 2 aromatic carbocycles. The lowest BCUT2D eigenvalue weighted by atomic mass is 10.1. The Morgan fingerprint density at radius 2 is 2.08 bits per heavy atom. The highest BCUT2D eigenvalue weighted by Crippen LogP contribution is 2.26. The Labute approximate surface area is 159 Å². The molecule has 1 aliphatic rings. The van der Waals surface area contributed by atoms with Crippen molar-refractivity contribution in [1.29, 1.82) is 0 Å². The van der Waals surface area contributed by atoms with Crippen molar-refractivity contribution < 1.29 is 14.6 Å². The lowest BCUT2D eigenvalue weighted by molar-refractivity contribution is -0.118. The van der Waals surface area contributed by atoms with Gasteiger partial charge in [0.05, 0.1) is 18.6 Å². The fraction of sp³-hybridized carbons (Fsp3) is 0.167. The first-order chi connectivity index (χ1) is 12.5. The average Bonchev–Trinajstić information content (AvgIpc) is 2.98. The van der Waals surface area contributed by atoms with E-state index in [-0.39, 0.29) is 16.9 Å². The van der Waals surface area contributed by atoms with E-state index in [2.05, 4.69) is 15.5 Å². The molecule has 2 aromatic rings. The lowest BCUT2D eigenvalue weighted by Gasteiger charge is -2.05. The van der Waals surface area contributed by atoms with Crippen LogP contribution in [0, 0.1) is 0 Å². The van der Waals surface area contributed by atoms with E-state index in [0.29, 0.717) is 22.4 Å². The van der Waals surface area contributed by atoms with Gasteiger partial charge in [0, 0.05) is 5.02 Å². The molecule has 6 nitrogen and oxygen atoms in total. The summed E-state index contributed by atoms with van der Waals surface area (Å²) in [7, 11) is 1.47. The zero-order chi connectivity index (χ0) is 18.5. The largest absolute Gasteiger partial charge is 0.504 e. The number of nitrogens with one attached hydrogen (secondary N) is 1. The van der Waals surface area contributed by atoms with Crippen molar-refractivity contribution in [3.05, 3.63) is 58.6 Å². The maximum atomic E-state index is 12.1. The van der Waals surface area contributed by atoms with Gasteiger partial charge in [-0.25, -0.2) is 0 Å². The van der Waals surface area contributed by atoms with E-state index >= 15 is 0 Å². The molecule has 0 radical (unpaired) electrons. The van der Waals surface area contributed by atoms with Crippen molar-refractivity contribution in [2.45, 2.75) is 11.7 Å². The number of halogens is 1. The Morgan fingerprint density at radius 3 is 2.81 bits per heavy atom. The van der Waals surface area contributed by atoms with Crippen LogP contribution in [0.3, 0.4) is 0 Å². The predicted octanol–water partition coefficient (Wildman–Crippen LogP) is 3.22. The van der Waals surface area contributed by atoms with Crippen molar-refractivity contribution in [2.75, 3.05) is 7.11 Å². The Balaban J connectivity index is 1.63. The van der Waals surface area contributed by atoms with Gasteiger partial charge < -0.3 is 15.2 Å². The van der Waals surface area contributed by atoms with Gasteiger partial charge in [0.1, 0.15) is 0 Å². The number of amidine groups is 1. The van der Waals surface area contributed by atoms with E-state index < -0.39 is 0 Å². The molecule has 134 valence electrons. The molecule has 8 heteroatoms. The van der Waals surface area contributed by atoms with Gasteiger partial charge in [-0.2, -0.15) is 5.10 Å². The first-order valence-electron chi connectivity index (χ1n) is 7.75. The fourth-order valence-electron chi connectivity index (χ4n) is 2.34. The van der Waals surface area contributed by atoms with Crippen LogP contribution < -0.4 is 10.1 Å². The summed E-state index contributed by atoms with van der Waals surface area (Å²) in [6, 6.07) is 12.3. The predicted molar refractivity (Wildman–Crippen MR) is 104 cm³/mol. The SMILES string of the molecule is COc1cc(/C=N/N=C2/NC(=O)[C@@H](Cc3ccc(Cl)cc3)S2)ccc1O. The number of phenolic OH excluding ortho intramolecular Hbond substituents is 1. The summed E-state index contributed by atoms with van der Waals surface area (Å²) in [6.07, 6.45) is 2.11. The Hall–Kier alpha value is -2.51. The third-order valence-corrected chi connectivity index (χ3v) is 4.99. The number of thioether (sulfide) groups is 1. The van der Waals surface area contributed by atoms with Gasteiger partial charge in [-0.05, 0) is 47.9 Å². The quantitative estimate of drug-likeness (QED) is 0.607. The normalized spacial score (nSPS) is 18.5. The number of carbonyl (C=O) groups is 1. The van der Waals surface area contributed by atoms with Crippen LogP contribution >= 0.6 is 23.4 Å². The molecule has 1 atom stereocenters. The number of hydrogen-bond acceptors (Lipinski definition) is 6. The smallest absolute Gasteiger partial charge is 0.239 e. The summed E-state index contributed by atoms with van der Waals surface area (Å²) in [5, 5.41) is 21.2. The van der Waals surface area contributed by atoms with Crippen LogP contribution in [0.15, 0.2) is 52.7 Å². The minimum absolute atomic E-state index is 0.0552. The Bertz CT molecular complexity index is 868. The summed E-state index contributed by atoms with van der Waals surface area (Å²) in [5.41, 5.74) is 1.75. The number of ether oxygens (including phenoxy) is 1. The van der Waals surface area contributed by atoms with Crippen LogP contribution in [-0.2, 0) is 11.2 Å². The fourth-order valence-corrected chi connectivity index (χ4v) is 3.43. The van der Waals surface area contributed by atoms with E-state index in [0.717, 1.165) is 11.1 Å². The van der Waals surface area contributed by atoms with Crippen molar-refractivity contribution in [3.8, 4) is 11.5 Å². The van der Waals surface area contributed by atoms with Crippen molar-refractivity contribution in [2.24, 2.45) is 10.2 Å². The second-order valence-electron chi connectivity index (χ2n) is 5.51. The van der Waals surface area contributed by atoms with Crippen LogP contribution in [0.1, 0.15) is 11.1 Å². The van der Waals surface area contributed by atoms with Gasteiger partial charge in [0.15, 0.2) is 16.7 Å². The van der Waals surface area contributed by atoms with Gasteiger partial charge >= 0.3 is 0 Å². The molecule has 2 N–H and O–H groups in total. The summed E-state index contributed by atoms with van der Waals surface area (Å²) in [6.45, 7) is 0. The minimum Gasteiger partial charge on any atom is -0.504 e. The van der Waals surface area contributed by atoms with Gasteiger partial charge in [-0.3, -0.25) is 4.79 Å². The molecule has 26 heavy (non-hydrogen) atoms. The maximum Gasteiger partial charge on any atom is 0.239 e. The number of hydrogen-bond donors (Lipinski definition) is 2. The van der Waals surface area contributed by atoms with Crippen molar-refractivity contribution >= 4 is 40.7 Å². The van der Waals surface area contributed by atoms with Gasteiger partial charge in [0.2, 0.25) is 5.91 Å².